The van der Waals surface area contributed by atoms with Crippen molar-refractivity contribution in [1.29, 1.82) is 0 Å². The molecule has 3 N–H and O–H groups in total. The second kappa shape index (κ2) is 5.51. The molecule has 0 saturated heterocycles. The summed E-state index contributed by atoms with van der Waals surface area (Å²) in [5.74, 6) is 5.98. The Labute approximate surface area is 95.8 Å². The van der Waals surface area contributed by atoms with Crippen molar-refractivity contribution < 1.29 is 9.53 Å². The maximum absolute atomic E-state index is 11.2. The van der Waals surface area contributed by atoms with Crippen molar-refractivity contribution in [3.63, 3.8) is 0 Å². The van der Waals surface area contributed by atoms with Crippen LogP contribution in [0.5, 0.6) is 5.75 Å². The molecule has 0 heterocycles. The molecule has 1 rings (SSSR count). The summed E-state index contributed by atoms with van der Waals surface area (Å²) in [6, 6.07) is 5.88. The average molecular weight is 222 g/mol. The van der Waals surface area contributed by atoms with Gasteiger partial charge in [0, 0.05) is 5.56 Å². The smallest absolute Gasteiger partial charge is 0.238 e. The highest BCUT2D eigenvalue weighted by molar-refractivity contribution is 5.78. The van der Waals surface area contributed by atoms with Gasteiger partial charge in [-0.1, -0.05) is 26.0 Å². The first-order valence-corrected chi connectivity index (χ1v) is 5.24. The largest absolute Gasteiger partial charge is 0.496 e. The number of methoxy groups -OCH3 is 1. The first kappa shape index (κ1) is 12.5. The van der Waals surface area contributed by atoms with Gasteiger partial charge in [-0.25, -0.2) is 5.84 Å². The zero-order chi connectivity index (χ0) is 12.1. The molecule has 4 nitrogen and oxygen atoms in total. The number of carbonyl (C=O) groups is 1. The van der Waals surface area contributed by atoms with Gasteiger partial charge in [-0.05, 0) is 17.5 Å². The van der Waals surface area contributed by atoms with E-state index in [4.69, 9.17) is 10.6 Å². The van der Waals surface area contributed by atoms with E-state index in [0.717, 1.165) is 5.56 Å². The number of amides is 1. The molecular formula is C12H18N2O2. The topological polar surface area (TPSA) is 64.3 Å². The lowest BCUT2D eigenvalue weighted by Crippen LogP contribution is -2.31. The Morgan fingerprint density at radius 2 is 2.19 bits per heavy atom. The molecule has 88 valence electrons. The van der Waals surface area contributed by atoms with Crippen molar-refractivity contribution in [3.05, 3.63) is 29.3 Å². The van der Waals surface area contributed by atoms with Crippen LogP contribution < -0.4 is 16.0 Å². The molecule has 0 atom stereocenters. The van der Waals surface area contributed by atoms with Crippen LogP contribution in [-0.2, 0) is 11.2 Å². The van der Waals surface area contributed by atoms with Gasteiger partial charge >= 0.3 is 0 Å². The minimum absolute atomic E-state index is 0.223. The predicted octanol–water partition coefficient (Wildman–Crippen LogP) is 1.35. The Kier molecular flexibility index (Phi) is 4.31. The van der Waals surface area contributed by atoms with Crippen LogP contribution in [0.25, 0.3) is 0 Å². The lowest BCUT2D eigenvalue weighted by atomic mass is 9.99. The minimum atomic E-state index is -0.223. The molecule has 0 fully saturated rings. The van der Waals surface area contributed by atoms with Crippen molar-refractivity contribution in [2.24, 2.45) is 5.84 Å². The zero-order valence-corrected chi connectivity index (χ0v) is 9.91. The fourth-order valence-corrected chi connectivity index (χ4v) is 1.52. The Morgan fingerprint density at radius 3 is 2.69 bits per heavy atom. The van der Waals surface area contributed by atoms with Gasteiger partial charge < -0.3 is 4.74 Å². The lowest BCUT2D eigenvalue weighted by Gasteiger charge is -2.12. The molecule has 0 bridgehead atoms. The van der Waals surface area contributed by atoms with E-state index < -0.39 is 0 Å². The van der Waals surface area contributed by atoms with Gasteiger partial charge in [-0.15, -0.1) is 0 Å². The number of hydrogen-bond acceptors (Lipinski definition) is 3. The summed E-state index contributed by atoms with van der Waals surface area (Å²) in [7, 11) is 1.59. The summed E-state index contributed by atoms with van der Waals surface area (Å²) in [5, 5.41) is 0. The summed E-state index contributed by atoms with van der Waals surface area (Å²) in [5.41, 5.74) is 4.16. The predicted molar refractivity (Wildman–Crippen MR) is 63.1 cm³/mol. The summed E-state index contributed by atoms with van der Waals surface area (Å²) in [6.45, 7) is 4.21. The first-order valence-electron chi connectivity index (χ1n) is 5.24. The van der Waals surface area contributed by atoms with E-state index in [-0.39, 0.29) is 12.3 Å². The standard InChI is InChI=1S/C12H18N2O2/c1-8(2)9-4-5-11(16-3)10(6-9)7-12(15)14-13/h4-6,8H,7,13H2,1-3H3,(H,14,15). The number of carbonyl (C=O) groups excluding carboxylic acids is 1. The molecule has 0 aromatic heterocycles. The van der Waals surface area contributed by atoms with Crippen LogP contribution in [-0.4, -0.2) is 13.0 Å². The Balaban J connectivity index is 3.02. The Bertz CT molecular complexity index is 375. The number of benzene rings is 1. The second-order valence-electron chi connectivity index (χ2n) is 3.97. The molecule has 4 heteroatoms. The summed E-state index contributed by atoms with van der Waals surface area (Å²) in [6.07, 6.45) is 0.236. The number of ether oxygens (including phenoxy) is 1. The number of hydrazine groups is 1. The number of nitrogens with one attached hydrogen (secondary N) is 1. The van der Waals surface area contributed by atoms with Crippen LogP contribution in [0.2, 0.25) is 0 Å². The normalized spacial score (nSPS) is 10.3. The van der Waals surface area contributed by atoms with Gasteiger partial charge in [-0.3, -0.25) is 10.2 Å². The molecule has 1 aromatic carbocycles. The van der Waals surface area contributed by atoms with E-state index >= 15 is 0 Å². The molecule has 16 heavy (non-hydrogen) atoms. The lowest BCUT2D eigenvalue weighted by molar-refractivity contribution is -0.120. The van der Waals surface area contributed by atoms with Crippen LogP contribution in [0.15, 0.2) is 18.2 Å². The van der Waals surface area contributed by atoms with Gasteiger partial charge in [0.15, 0.2) is 0 Å². The molecule has 0 aliphatic rings. The molecular weight excluding hydrogens is 204 g/mol. The van der Waals surface area contributed by atoms with Gasteiger partial charge in [0.25, 0.3) is 0 Å². The molecule has 0 saturated carbocycles. The maximum atomic E-state index is 11.2. The van der Waals surface area contributed by atoms with E-state index in [1.54, 1.807) is 7.11 Å². The van der Waals surface area contributed by atoms with Crippen molar-refractivity contribution in [2.45, 2.75) is 26.2 Å². The Hall–Kier alpha value is -1.55. The average Bonchev–Trinajstić information content (AvgIpc) is 2.28. The van der Waals surface area contributed by atoms with Crippen LogP contribution in [0.3, 0.4) is 0 Å². The van der Waals surface area contributed by atoms with Crippen LogP contribution >= 0.6 is 0 Å². The quantitative estimate of drug-likeness (QED) is 0.459. The molecule has 1 amide bonds. The number of hydrogen-bond donors (Lipinski definition) is 2. The zero-order valence-electron chi connectivity index (χ0n) is 9.91. The highest BCUT2D eigenvalue weighted by Crippen LogP contribution is 2.24. The number of rotatable bonds is 4. The summed E-state index contributed by atoms with van der Waals surface area (Å²) >= 11 is 0. The molecule has 0 aliphatic carbocycles. The third-order valence-corrected chi connectivity index (χ3v) is 2.48. The van der Waals surface area contributed by atoms with E-state index in [1.165, 1.54) is 5.56 Å². The molecule has 0 spiro atoms. The molecule has 1 aromatic rings. The van der Waals surface area contributed by atoms with Crippen molar-refractivity contribution in [1.82, 2.24) is 5.43 Å². The monoisotopic (exact) mass is 222 g/mol. The number of nitrogens with two attached hydrogens (primary N) is 1. The van der Waals surface area contributed by atoms with Crippen molar-refractivity contribution >= 4 is 5.91 Å². The van der Waals surface area contributed by atoms with Gasteiger partial charge in [0.2, 0.25) is 5.91 Å². The van der Waals surface area contributed by atoms with E-state index in [2.05, 4.69) is 19.3 Å². The van der Waals surface area contributed by atoms with Crippen LogP contribution in [0, 0.1) is 0 Å². The van der Waals surface area contributed by atoms with Gasteiger partial charge in [-0.2, -0.15) is 0 Å². The third-order valence-electron chi connectivity index (χ3n) is 2.48. The van der Waals surface area contributed by atoms with Crippen molar-refractivity contribution in [2.75, 3.05) is 7.11 Å². The Morgan fingerprint density at radius 1 is 1.50 bits per heavy atom. The second-order valence-corrected chi connectivity index (χ2v) is 3.97. The van der Waals surface area contributed by atoms with Crippen LogP contribution in [0.1, 0.15) is 30.9 Å². The fourth-order valence-electron chi connectivity index (χ4n) is 1.52. The third kappa shape index (κ3) is 2.97. The molecule has 0 aliphatic heterocycles. The van der Waals surface area contributed by atoms with E-state index in [1.807, 2.05) is 18.2 Å². The first-order chi connectivity index (χ1) is 7.58. The van der Waals surface area contributed by atoms with E-state index in [0.29, 0.717) is 11.7 Å². The van der Waals surface area contributed by atoms with Gasteiger partial charge in [0.1, 0.15) is 5.75 Å². The fraction of sp³-hybridized carbons (Fsp3) is 0.417. The maximum Gasteiger partial charge on any atom is 0.238 e. The SMILES string of the molecule is COc1ccc(C(C)C)cc1CC(=O)NN. The molecule has 0 radical (unpaired) electrons. The molecule has 0 unspecified atom stereocenters. The van der Waals surface area contributed by atoms with Crippen LogP contribution in [0.4, 0.5) is 0 Å². The van der Waals surface area contributed by atoms with E-state index in [9.17, 15) is 4.79 Å². The highest BCUT2D eigenvalue weighted by Gasteiger charge is 2.10. The minimum Gasteiger partial charge on any atom is -0.496 e. The van der Waals surface area contributed by atoms with Gasteiger partial charge in [0.05, 0.1) is 13.5 Å². The highest BCUT2D eigenvalue weighted by atomic mass is 16.5. The van der Waals surface area contributed by atoms with Crippen molar-refractivity contribution in [3.8, 4) is 5.75 Å². The summed E-state index contributed by atoms with van der Waals surface area (Å²) in [4.78, 5) is 11.2. The summed E-state index contributed by atoms with van der Waals surface area (Å²) < 4.78 is 5.20.